The van der Waals surface area contributed by atoms with Crippen LogP contribution in [0.5, 0.6) is 0 Å². The lowest BCUT2D eigenvalue weighted by molar-refractivity contribution is -0.136. The van der Waals surface area contributed by atoms with Crippen LogP contribution in [0.3, 0.4) is 0 Å². The number of aromatic amines is 1. The Morgan fingerprint density at radius 3 is 2.92 bits per heavy atom. The first-order valence-electron chi connectivity index (χ1n) is 8.65. The van der Waals surface area contributed by atoms with E-state index >= 15 is 0 Å². The number of aryl methyl sites for hydroxylation is 1. The number of likely N-dealkylation sites (N-methyl/N-ethyl adjacent to an activating group) is 1. The molecule has 0 radical (unpaired) electrons. The highest BCUT2D eigenvalue weighted by atomic mass is 16.2. The summed E-state index contributed by atoms with van der Waals surface area (Å²) >= 11 is 0. The summed E-state index contributed by atoms with van der Waals surface area (Å²) in [5, 5.41) is 4.17. The molecule has 134 valence electrons. The number of nitrogens with zero attached hydrogens (tertiary/aromatic N) is 3. The number of rotatable bonds is 3. The van der Waals surface area contributed by atoms with Gasteiger partial charge in [0, 0.05) is 50.2 Å². The Morgan fingerprint density at radius 2 is 2.15 bits per heavy atom. The molecule has 0 saturated carbocycles. The molecule has 1 saturated heterocycles. The summed E-state index contributed by atoms with van der Waals surface area (Å²) in [4.78, 5) is 34.2. The van der Waals surface area contributed by atoms with Gasteiger partial charge in [0.2, 0.25) is 5.91 Å². The van der Waals surface area contributed by atoms with Crippen LogP contribution in [-0.4, -0.2) is 44.3 Å². The normalized spacial score (nSPS) is 20.5. The zero-order chi connectivity index (χ0) is 18.3. The number of hydrogen-bond donors (Lipinski definition) is 2. The highest BCUT2D eigenvalue weighted by Gasteiger charge is 2.37. The minimum absolute atomic E-state index is 0.0660. The molecule has 0 unspecified atom stereocenters. The minimum Gasteiger partial charge on any atom is -0.361 e. The first-order valence-corrected chi connectivity index (χ1v) is 8.65. The van der Waals surface area contributed by atoms with Gasteiger partial charge >= 0.3 is 0 Å². The summed E-state index contributed by atoms with van der Waals surface area (Å²) < 4.78 is 1.89. The van der Waals surface area contributed by atoms with Crippen LogP contribution in [0.25, 0.3) is 10.9 Å². The molecule has 1 aliphatic rings. The molecule has 1 fully saturated rings. The topological polar surface area (TPSA) is 83.0 Å². The van der Waals surface area contributed by atoms with Crippen molar-refractivity contribution in [2.24, 2.45) is 7.05 Å². The molecule has 0 aliphatic carbocycles. The van der Waals surface area contributed by atoms with Gasteiger partial charge in [-0.15, -0.1) is 0 Å². The first kappa shape index (κ1) is 16.4. The predicted molar refractivity (Wildman–Crippen MR) is 97.5 cm³/mol. The van der Waals surface area contributed by atoms with Crippen molar-refractivity contribution in [2.75, 3.05) is 7.05 Å². The number of benzene rings is 1. The van der Waals surface area contributed by atoms with Crippen LogP contribution in [0.4, 0.5) is 0 Å². The van der Waals surface area contributed by atoms with Gasteiger partial charge in [-0.05, 0) is 30.0 Å². The van der Waals surface area contributed by atoms with Gasteiger partial charge in [-0.1, -0.05) is 6.07 Å². The van der Waals surface area contributed by atoms with Gasteiger partial charge in [0.15, 0.2) is 0 Å². The number of amides is 2. The van der Waals surface area contributed by atoms with Crippen LogP contribution in [-0.2, 0) is 11.8 Å². The number of carbonyl (C=O) groups excluding carboxylic acids is 2. The smallest absolute Gasteiger partial charge is 0.251 e. The van der Waals surface area contributed by atoms with Crippen LogP contribution in [0.2, 0.25) is 0 Å². The van der Waals surface area contributed by atoms with Crippen LogP contribution in [0.15, 0.2) is 42.9 Å². The second kappa shape index (κ2) is 6.33. The molecule has 4 rings (SSSR count). The second-order valence-electron chi connectivity index (χ2n) is 6.74. The van der Waals surface area contributed by atoms with E-state index in [1.165, 1.54) is 0 Å². The quantitative estimate of drug-likeness (QED) is 0.757. The number of fused-ring (bicyclic) bond motifs is 1. The van der Waals surface area contributed by atoms with Crippen molar-refractivity contribution in [1.82, 2.24) is 24.8 Å². The Bertz CT molecular complexity index is 973. The van der Waals surface area contributed by atoms with E-state index in [4.69, 9.17) is 0 Å². The van der Waals surface area contributed by atoms with Crippen molar-refractivity contribution in [2.45, 2.75) is 24.9 Å². The molecule has 1 aliphatic heterocycles. The Balaban J connectivity index is 1.61. The van der Waals surface area contributed by atoms with Gasteiger partial charge in [-0.2, -0.15) is 0 Å². The molecular formula is C19H21N5O2. The lowest BCUT2D eigenvalue weighted by Crippen LogP contribution is -2.51. The summed E-state index contributed by atoms with van der Waals surface area (Å²) in [5.74, 6) is 0.690. The number of likely N-dealkylation sites (tertiary alicyclic amines) is 1. The molecule has 26 heavy (non-hydrogen) atoms. The van der Waals surface area contributed by atoms with Crippen molar-refractivity contribution in [3.05, 3.63) is 54.2 Å². The summed E-state index contributed by atoms with van der Waals surface area (Å²) in [6, 6.07) is 7.08. The highest BCUT2D eigenvalue weighted by Crippen LogP contribution is 2.30. The molecule has 0 bridgehead atoms. The fourth-order valence-electron chi connectivity index (χ4n) is 3.65. The maximum Gasteiger partial charge on any atom is 0.251 e. The zero-order valence-corrected chi connectivity index (χ0v) is 14.8. The number of imidazole rings is 1. The summed E-state index contributed by atoms with van der Waals surface area (Å²) in [7, 11) is 3.66. The molecule has 3 aromatic rings. The summed E-state index contributed by atoms with van der Waals surface area (Å²) in [5.41, 5.74) is 1.52. The Morgan fingerprint density at radius 1 is 1.31 bits per heavy atom. The molecular weight excluding hydrogens is 330 g/mol. The Hall–Kier alpha value is -3.09. The van der Waals surface area contributed by atoms with Crippen LogP contribution < -0.4 is 5.32 Å². The number of piperidine rings is 1. The Kier molecular flexibility index (Phi) is 3.99. The lowest BCUT2D eigenvalue weighted by Gasteiger charge is -2.38. The molecule has 2 aromatic heterocycles. The average Bonchev–Trinajstić information content (AvgIpc) is 3.26. The summed E-state index contributed by atoms with van der Waals surface area (Å²) in [6.45, 7) is 0. The molecule has 1 aromatic carbocycles. The lowest BCUT2D eigenvalue weighted by atomic mass is 9.94. The van der Waals surface area contributed by atoms with Crippen molar-refractivity contribution in [1.29, 1.82) is 0 Å². The average molecular weight is 351 g/mol. The van der Waals surface area contributed by atoms with Crippen molar-refractivity contribution in [3.63, 3.8) is 0 Å². The molecule has 2 N–H and O–H groups in total. The molecule has 2 amide bonds. The predicted octanol–water partition coefficient (Wildman–Crippen LogP) is 1.99. The monoisotopic (exact) mass is 351 g/mol. The first-order chi connectivity index (χ1) is 12.5. The van der Waals surface area contributed by atoms with Gasteiger partial charge < -0.3 is 19.8 Å². The fraction of sp³-hybridized carbons (Fsp3) is 0.316. The standard InChI is InChI=1S/C19H21N5O2/c1-23-10-9-21-18(23)17-14(5-6-16(25)24(17)2)22-19(26)13-4-3-12-7-8-20-15(12)11-13/h3-4,7-11,14,17,20H,5-6H2,1-2H3,(H,22,26)/t14-,17-/m1/s1. The molecule has 2 atom stereocenters. The Labute approximate surface area is 151 Å². The molecule has 3 heterocycles. The van der Waals surface area contributed by atoms with E-state index in [1.807, 2.05) is 48.3 Å². The number of carbonyl (C=O) groups is 2. The van der Waals surface area contributed by atoms with E-state index < -0.39 is 0 Å². The zero-order valence-electron chi connectivity index (χ0n) is 14.8. The van der Waals surface area contributed by atoms with Crippen molar-refractivity contribution >= 4 is 22.7 Å². The van der Waals surface area contributed by atoms with E-state index in [0.29, 0.717) is 18.4 Å². The van der Waals surface area contributed by atoms with Crippen LogP contribution >= 0.6 is 0 Å². The van der Waals surface area contributed by atoms with Gasteiger partial charge in [-0.3, -0.25) is 9.59 Å². The third-order valence-electron chi connectivity index (χ3n) is 5.12. The van der Waals surface area contributed by atoms with Gasteiger partial charge in [-0.25, -0.2) is 4.98 Å². The molecule has 7 heteroatoms. The van der Waals surface area contributed by atoms with E-state index in [1.54, 1.807) is 18.1 Å². The summed E-state index contributed by atoms with van der Waals surface area (Å²) in [6.07, 6.45) is 6.42. The van der Waals surface area contributed by atoms with Gasteiger partial charge in [0.25, 0.3) is 5.91 Å². The van der Waals surface area contributed by atoms with Gasteiger partial charge in [0.05, 0.1) is 6.04 Å². The molecule has 7 nitrogen and oxygen atoms in total. The third-order valence-corrected chi connectivity index (χ3v) is 5.12. The number of aromatic nitrogens is 3. The van der Waals surface area contributed by atoms with Crippen molar-refractivity contribution < 1.29 is 9.59 Å². The highest BCUT2D eigenvalue weighted by molar-refractivity contribution is 5.98. The minimum atomic E-state index is -0.283. The van der Waals surface area contributed by atoms with E-state index in [-0.39, 0.29) is 23.9 Å². The maximum absolute atomic E-state index is 12.8. The van der Waals surface area contributed by atoms with Gasteiger partial charge in [0.1, 0.15) is 11.9 Å². The molecule has 0 spiro atoms. The van der Waals surface area contributed by atoms with E-state index in [2.05, 4.69) is 15.3 Å². The van der Waals surface area contributed by atoms with Crippen LogP contribution in [0, 0.1) is 0 Å². The largest absolute Gasteiger partial charge is 0.361 e. The number of H-pyrrole nitrogens is 1. The van der Waals surface area contributed by atoms with Crippen LogP contribution in [0.1, 0.15) is 35.1 Å². The van der Waals surface area contributed by atoms with E-state index in [0.717, 1.165) is 16.7 Å². The van der Waals surface area contributed by atoms with Crippen molar-refractivity contribution in [3.8, 4) is 0 Å². The number of hydrogen-bond acceptors (Lipinski definition) is 3. The maximum atomic E-state index is 12.8. The second-order valence-corrected chi connectivity index (χ2v) is 6.74. The fourth-order valence-corrected chi connectivity index (χ4v) is 3.65. The van der Waals surface area contributed by atoms with E-state index in [9.17, 15) is 9.59 Å². The third kappa shape index (κ3) is 2.75. The number of nitrogens with one attached hydrogen (secondary N) is 2. The SMILES string of the molecule is CN1C(=O)CC[C@@H](NC(=O)c2ccc3cc[nH]c3c2)[C@@H]1c1nccn1C.